The van der Waals surface area contributed by atoms with Gasteiger partial charge >= 0.3 is 0 Å². The molecule has 1 amide bonds. The molecule has 6 heteroatoms. The van der Waals surface area contributed by atoms with Crippen LogP contribution in [0.5, 0.6) is 0 Å². The van der Waals surface area contributed by atoms with Crippen LogP contribution in [0.15, 0.2) is 36.8 Å². The van der Waals surface area contributed by atoms with Gasteiger partial charge in [-0.15, -0.1) is 0 Å². The molecule has 0 aromatic carbocycles. The number of hydrogen-bond acceptors (Lipinski definition) is 4. The number of imidazole rings is 1. The minimum atomic E-state index is -0.434. The zero-order valence-corrected chi connectivity index (χ0v) is 14.2. The van der Waals surface area contributed by atoms with Crippen LogP contribution < -0.4 is 5.32 Å². The van der Waals surface area contributed by atoms with E-state index < -0.39 is 5.54 Å². The SMILES string of the molecule is CNC(=O)[C@]1(CCCc2ccccn2)CCCN1Cc1ncc[nH]1. The highest BCUT2D eigenvalue weighted by Gasteiger charge is 2.46. The number of likely N-dealkylation sites (tertiary alicyclic amines) is 1. The summed E-state index contributed by atoms with van der Waals surface area (Å²) in [7, 11) is 1.73. The molecule has 0 aliphatic carbocycles. The van der Waals surface area contributed by atoms with E-state index in [9.17, 15) is 4.79 Å². The van der Waals surface area contributed by atoms with Crippen molar-refractivity contribution in [1.82, 2.24) is 25.2 Å². The van der Waals surface area contributed by atoms with Crippen molar-refractivity contribution < 1.29 is 4.79 Å². The van der Waals surface area contributed by atoms with Crippen LogP contribution in [0.3, 0.4) is 0 Å². The highest BCUT2D eigenvalue weighted by atomic mass is 16.2. The van der Waals surface area contributed by atoms with Crippen molar-refractivity contribution in [1.29, 1.82) is 0 Å². The highest BCUT2D eigenvalue weighted by Crippen LogP contribution is 2.35. The number of amides is 1. The summed E-state index contributed by atoms with van der Waals surface area (Å²) in [6, 6.07) is 5.98. The first kappa shape index (κ1) is 16.6. The molecule has 3 rings (SSSR count). The Morgan fingerprint density at radius 2 is 2.29 bits per heavy atom. The Morgan fingerprint density at radius 1 is 1.38 bits per heavy atom. The Balaban J connectivity index is 1.70. The van der Waals surface area contributed by atoms with Crippen molar-refractivity contribution in [3.63, 3.8) is 0 Å². The summed E-state index contributed by atoms with van der Waals surface area (Å²) in [5.41, 5.74) is 0.649. The van der Waals surface area contributed by atoms with Crippen molar-refractivity contribution in [2.24, 2.45) is 0 Å². The predicted octanol–water partition coefficient (Wildman–Crippen LogP) is 1.91. The third-order valence-electron chi connectivity index (χ3n) is 4.92. The first-order valence-corrected chi connectivity index (χ1v) is 8.60. The Hall–Kier alpha value is -2.21. The summed E-state index contributed by atoms with van der Waals surface area (Å²) >= 11 is 0. The molecular formula is C18H25N5O. The number of carbonyl (C=O) groups excluding carboxylic acids is 1. The molecule has 1 aliphatic rings. The molecule has 0 radical (unpaired) electrons. The summed E-state index contributed by atoms with van der Waals surface area (Å²) in [6.07, 6.45) is 10.0. The van der Waals surface area contributed by atoms with Gasteiger partial charge < -0.3 is 10.3 Å². The van der Waals surface area contributed by atoms with E-state index in [1.807, 2.05) is 30.6 Å². The monoisotopic (exact) mass is 327 g/mol. The van der Waals surface area contributed by atoms with Gasteiger partial charge in [0.2, 0.25) is 5.91 Å². The average Bonchev–Trinajstić information content (AvgIpc) is 3.26. The minimum absolute atomic E-state index is 0.118. The number of H-pyrrole nitrogens is 1. The fourth-order valence-electron chi connectivity index (χ4n) is 3.72. The Bertz CT molecular complexity index is 643. The maximum Gasteiger partial charge on any atom is 0.240 e. The zero-order chi connectivity index (χ0) is 16.8. The van der Waals surface area contributed by atoms with Crippen molar-refractivity contribution in [3.05, 3.63) is 48.3 Å². The van der Waals surface area contributed by atoms with E-state index in [1.165, 1.54) is 0 Å². The number of likely N-dealkylation sites (N-methyl/N-ethyl adjacent to an activating group) is 1. The molecule has 1 saturated heterocycles. The molecule has 0 spiro atoms. The number of aryl methyl sites for hydroxylation is 1. The van der Waals surface area contributed by atoms with Crippen LogP contribution in [0, 0.1) is 0 Å². The number of nitrogens with zero attached hydrogens (tertiary/aromatic N) is 3. The number of carbonyl (C=O) groups is 1. The summed E-state index contributed by atoms with van der Waals surface area (Å²) in [6.45, 7) is 1.61. The number of hydrogen-bond donors (Lipinski definition) is 2. The predicted molar refractivity (Wildman–Crippen MR) is 92.2 cm³/mol. The van der Waals surface area contributed by atoms with Gasteiger partial charge in [-0.3, -0.25) is 14.7 Å². The van der Waals surface area contributed by atoms with Gasteiger partial charge in [-0.1, -0.05) is 6.07 Å². The average molecular weight is 327 g/mol. The number of aromatic nitrogens is 3. The molecule has 1 atom stereocenters. The lowest BCUT2D eigenvalue weighted by Crippen LogP contribution is -2.54. The molecule has 0 bridgehead atoms. The van der Waals surface area contributed by atoms with Crippen LogP contribution in [-0.2, 0) is 17.8 Å². The van der Waals surface area contributed by atoms with E-state index in [-0.39, 0.29) is 5.91 Å². The number of pyridine rings is 1. The summed E-state index contributed by atoms with van der Waals surface area (Å²) in [5, 5.41) is 2.88. The number of aromatic amines is 1. The first-order valence-electron chi connectivity index (χ1n) is 8.60. The maximum absolute atomic E-state index is 12.7. The smallest absolute Gasteiger partial charge is 0.240 e. The number of rotatable bonds is 7. The second kappa shape index (κ2) is 7.57. The number of nitrogens with one attached hydrogen (secondary N) is 2. The van der Waals surface area contributed by atoms with Gasteiger partial charge in [0.15, 0.2) is 0 Å². The lowest BCUT2D eigenvalue weighted by Gasteiger charge is -2.36. The van der Waals surface area contributed by atoms with Crippen molar-refractivity contribution >= 4 is 5.91 Å². The molecule has 3 heterocycles. The van der Waals surface area contributed by atoms with Gasteiger partial charge in [-0.25, -0.2) is 4.98 Å². The van der Waals surface area contributed by atoms with E-state index in [0.29, 0.717) is 6.54 Å². The molecule has 24 heavy (non-hydrogen) atoms. The summed E-state index contributed by atoms with van der Waals surface area (Å²) in [4.78, 5) is 26.8. The summed E-state index contributed by atoms with van der Waals surface area (Å²) in [5.74, 6) is 1.03. The zero-order valence-electron chi connectivity index (χ0n) is 14.2. The Kier molecular flexibility index (Phi) is 5.25. The van der Waals surface area contributed by atoms with Crippen LogP contribution in [0.2, 0.25) is 0 Å². The molecule has 1 aliphatic heterocycles. The Labute approximate surface area is 142 Å². The molecular weight excluding hydrogens is 302 g/mol. The second-order valence-corrected chi connectivity index (χ2v) is 6.35. The minimum Gasteiger partial charge on any atom is -0.358 e. The third-order valence-corrected chi connectivity index (χ3v) is 4.92. The van der Waals surface area contributed by atoms with E-state index in [1.54, 1.807) is 13.2 Å². The van der Waals surface area contributed by atoms with Crippen LogP contribution in [0.25, 0.3) is 0 Å². The highest BCUT2D eigenvalue weighted by molar-refractivity contribution is 5.86. The molecule has 6 nitrogen and oxygen atoms in total. The van der Waals surface area contributed by atoms with E-state index in [2.05, 4.69) is 25.2 Å². The topological polar surface area (TPSA) is 73.9 Å². The fraction of sp³-hybridized carbons (Fsp3) is 0.500. The largest absolute Gasteiger partial charge is 0.358 e. The molecule has 2 aromatic heterocycles. The van der Waals surface area contributed by atoms with Crippen LogP contribution in [0.4, 0.5) is 0 Å². The van der Waals surface area contributed by atoms with E-state index in [0.717, 1.165) is 50.2 Å². The van der Waals surface area contributed by atoms with Crippen molar-refractivity contribution in [2.75, 3.05) is 13.6 Å². The van der Waals surface area contributed by atoms with Crippen LogP contribution in [-0.4, -0.2) is 44.9 Å². The van der Waals surface area contributed by atoms with Crippen LogP contribution >= 0.6 is 0 Å². The Morgan fingerprint density at radius 3 is 3.00 bits per heavy atom. The molecule has 0 unspecified atom stereocenters. The van der Waals surface area contributed by atoms with Crippen LogP contribution in [0.1, 0.15) is 37.2 Å². The lowest BCUT2D eigenvalue weighted by molar-refractivity contribution is -0.132. The van der Waals surface area contributed by atoms with E-state index in [4.69, 9.17) is 0 Å². The maximum atomic E-state index is 12.7. The second-order valence-electron chi connectivity index (χ2n) is 6.35. The fourth-order valence-corrected chi connectivity index (χ4v) is 3.72. The quantitative estimate of drug-likeness (QED) is 0.815. The first-order chi connectivity index (χ1) is 11.7. The van der Waals surface area contributed by atoms with Gasteiger partial charge in [0, 0.05) is 31.3 Å². The normalized spacial score (nSPS) is 21.0. The third kappa shape index (κ3) is 3.48. The van der Waals surface area contributed by atoms with Crippen molar-refractivity contribution in [2.45, 2.75) is 44.2 Å². The molecule has 1 fully saturated rings. The lowest BCUT2D eigenvalue weighted by atomic mass is 9.88. The standard InChI is InChI=1S/C18H25N5O/c1-19-17(24)18(8-4-7-15-6-2-3-10-20-15)9-5-13-23(18)14-16-21-11-12-22-16/h2-3,6,10-12H,4-5,7-9,13-14H2,1H3,(H,19,24)(H,21,22)/t18-/m0/s1. The van der Waals surface area contributed by atoms with Gasteiger partial charge in [0.25, 0.3) is 0 Å². The van der Waals surface area contributed by atoms with Gasteiger partial charge in [0.05, 0.1) is 6.54 Å². The molecule has 0 saturated carbocycles. The van der Waals surface area contributed by atoms with Crippen molar-refractivity contribution in [3.8, 4) is 0 Å². The van der Waals surface area contributed by atoms with E-state index >= 15 is 0 Å². The van der Waals surface area contributed by atoms with Gasteiger partial charge in [0.1, 0.15) is 11.4 Å². The summed E-state index contributed by atoms with van der Waals surface area (Å²) < 4.78 is 0. The molecule has 128 valence electrons. The molecule has 2 aromatic rings. The van der Waals surface area contributed by atoms with Gasteiger partial charge in [-0.05, 0) is 50.8 Å². The van der Waals surface area contributed by atoms with Gasteiger partial charge in [-0.2, -0.15) is 0 Å². The molecule has 2 N–H and O–H groups in total.